The summed E-state index contributed by atoms with van der Waals surface area (Å²) < 4.78 is 0. The van der Waals surface area contributed by atoms with Gasteiger partial charge in [0.05, 0.1) is 23.0 Å². The highest BCUT2D eigenvalue weighted by Gasteiger charge is 2.22. The quantitative estimate of drug-likeness (QED) is 0.923. The van der Waals surface area contributed by atoms with Crippen molar-refractivity contribution in [1.29, 1.82) is 0 Å². The van der Waals surface area contributed by atoms with Crippen LogP contribution in [0.2, 0.25) is 5.02 Å². The Morgan fingerprint density at radius 2 is 2.00 bits per heavy atom. The highest BCUT2D eigenvalue weighted by atomic mass is 35.5. The van der Waals surface area contributed by atoms with Gasteiger partial charge in [0.15, 0.2) is 0 Å². The van der Waals surface area contributed by atoms with Crippen molar-refractivity contribution in [3.05, 3.63) is 47.1 Å². The molecule has 0 saturated carbocycles. The molecule has 0 saturated heterocycles. The number of likely N-dealkylation sites (N-methyl/N-ethyl adjacent to an activating group) is 1. The first-order valence-electron chi connectivity index (χ1n) is 6.53. The van der Waals surface area contributed by atoms with Gasteiger partial charge in [-0.3, -0.25) is 0 Å². The molecule has 1 aromatic carbocycles. The Morgan fingerprint density at radius 3 is 2.75 bits per heavy atom. The molecule has 0 spiro atoms. The number of para-hydroxylation sites is 2. The van der Waals surface area contributed by atoms with Gasteiger partial charge in [0, 0.05) is 31.9 Å². The lowest BCUT2D eigenvalue weighted by molar-refractivity contribution is 0.282. The standard InChI is InChI=1S/C15H16ClN3O/c1-18-6-7-19(14-5-3-2-4-13(14)18)15-8-11(10-20)12(16)9-17-15/h2-5,8-9,20H,6-7,10H2,1H3. The van der Waals surface area contributed by atoms with Crippen molar-refractivity contribution < 1.29 is 5.11 Å². The molecule has 0 unspecified atom stereocenters. The predicted molar refractivity (Wildman–Crippen MR) is 81.9 cm³/mol. The van der Waals surface area contributed by atoms with Crippen LogP contribution in [0.4, 0.5) is 17.2 Å². The Kier molecular flexibility index (Phi) is 3.51. The topological polar surface area (TPSA) is 39.6 Å². The van der Waals surface area contributed by atoms with Crippen LogP contribution in [-0.2, 0) is 6.61 Å². The maximum atomic E-state index is 9.34. The zero-order valence-electron chi connectivity index (χ0n) is 11.3. The number of pyridine rings is 1. The summed E-state index contributed by atoms with van der Waals surface area (Å²) in [5.74, 6) is 0.819. The summed E-state index contributed by atoms with van der Waals surface area (Å²) in [4.78, 5) is 8.79. The van der Waals surface area contributed by atoms with Crippen molar-refractivity contribution in [2.45, 2.75) is 6.61 Å². The Hall–Kier alpha value is -1.78. The van der Waals surface area contributed by atoms with E-state index in [4.69, 9.17) is 11.6 Å². The van der Waals surface area contributed by atoms with E-state index in [1.54, 1.807) is 6.20 Å². The summed E-state index contributed by atoms with van der Waals surface area (Å²) in [7, 11) is 2.09. The van der Waals surface area contributed by atoms with Crippen molar-refractivity contribution in [2.75, 3.05) is 29.9 Å². The molecule has 1 aromatic heterocycles. The molecular formula is C15H16ClN3O. The Morgan fingerprint density at radius 1 is 1.25 bits per heavy atom. The van der Waals surface area contributed by atoms with Crippen LogP contribution in [0.3, 0.4) is 0 Å². The van der Waals surface area contributed by atoms with Gasteiger partial charge in [-0.05, 0) is 18.2 Å². The number of nitrogens with zero attached hydrogens (tertiary/aromatic N) is 3. The van der Waals surface area contributed by atoms with E-state index in [1.165, 1.54) is 5.69 Å². The van der Waals surface area contributed by atoms with E-state index in [0.29, 0.717) is 10.6 Å². The van der Waals surface area contributed by atoms with Crippen molar-refractivity contribution in [3.63, 3.8) is 0 Å². The van der Waals surface area contributed by atoms with Crippen LogP contribution >= 0.6 is 11.6 Å². The van der Waals surface area contributed by atoms with E-state index in [9.17, 15) is 5.11 Å². The minimum absolute atomic E-state index is 0.0796. The lowest BCUT2D eigenvalue weighted by atomic mass is 10.1. The minimum atomic E-state index is -0.0796. The molecule has 2 heterocycles. The fourth-order valence-corrected chi connectivity index (χ4v) is 2.64. The monoisotopic (exact) mass is 289 g/mol. The van der Waals surface area contributed by atoms with E-state index in [2.05, 4.69) is 34.0 Å². The van der Waals surface area contributed by atoms with Crippen LogP contribution in [0.5, 0.6) is 0 Å². The molecule has 0 bridgehead atoms. The van der Waals surface area contributed by atoms with Gasteiger partial charge in [0.25, 0.3) is 0 Å². The van der Waals surface area contributed by atoms with Gasteiger partial charge in [-0.25, -0.2) is 4.98 Å². The third-order valence-electron chi connectivity index (χ3n) is 3.61. The van der Waals surface area contributed by atoms with Gasteiger partial charge >= 0.3 is 0 Å². The molecule has 1 aliphatic heterocycles. The summed E-state index contributed by atoms with van der Waals surface area (Å²) in [6.45, 7) is 1.70. The smallest absolute Gasteiger partial charge is 0.133 e. The van der Waals surface area contributed by atoms with E-state index in [-0.39, 0.29) is 6.61 Å². The molecule has 1 N–H and O–H groups in total. The molecule has 4 nitrogen and oxygen atoms in total. The van der Waals surface area contributed by atoms with Crippen LogP contribution in [0.15, 0.2) is 36.5 Å². The number of rotatable bonds is 2. The molecule has 5 heteroatoms. The second-order valence-electron chi connectivity index (χ2n) is 4.85. The fourth-order valence-electron chi connectivity index (χ4n) is 2.48. The molecule has 0 amide bonds. The SMILES string of the molecule is CN1CCN(c2cc(CO)c(Cl)cn2)c2ccccc21. The first-order valence-corrected chi connectivity index (χ1v) is 6.91. The zero-order valence-corrected chi connectivity index (χ0v) is 12.0. The normalized spacial score (nSPS) is 14.3. The molecule has 2 aromatic rings. The lowest BCUT2D eigenvalue weighted by Crippen LogP contribution is -2.36. The summed E-state index contributed by atoms with van der Waals surface area (Å²) in [6.07, 6.45) is 1.60. The number of fused-ring (bicyclic) bond motifs is 1. The molecule has 104 valence electrons. The first kappa shape index (κ1) is 13.2. The fraction of sp³-hybridized carbons (Fsp3) is 0.267. The highest BCUT2D eigenvalue weighted by Crippen LogP contribution is 2.36. The molecule has 0 atom stereocenters. The number of hydrogen-bond acceptors (Lipinski definition) is 4. The maximum Gasteiger partial charge on any atom is 0.133 e. The van der Waals surface area contributed by atoms with Crippen molar-refractivity contribution >= 4 is 28.8 Å². The molecule has 0 aliphatic carbocycles. The number of aliphatic hydroxyl groups excluding tert-OH is 1. The molecular weight excluding hydrogens is 274 g/mol. The average Bonchev–Trinajstić information content (AvgIpc) is 2.49. The van der Waals surface area contributed by atoms with Gasteiger partial charge in [-0.1, -0.05) is 23.7 Å². The van der Waals surface area contributed by atoms with Gasteiger partial charge < -0.3 is 14.9 Å². The Balaban J connectivity index is 2.05. The number of hydrogen-bond donors (Lipinski definition) is 1. The second kappa shape index (κ2) is 5.31. The molecule has 3 rings (SSSR count). The summed E-state index contributed by atoms with van der Waals surface area (Å²) in [6, 6.07) is 10.1. The van der Waals surface area contributed by atoms with Crippen molar-refractivity contribution in [3.8, 4) is 0 Å². The lowest BCUT2D eigenvalue weighted by Gasteiger charge is -2.36. The Bertz CT molecular complexity index is 632. The van der Waals surface area contributed by atoms with Crippen molar-refractivity contribution in [1.82, 2.24) is 4.98 Å². The van der Waals surface area contributed by atoms with Crippen LogP contribution in [0.1, 0.15) is 5.56 Å². The molecule has 20 heavy (non-hydrogen) atoms. The van der Waals surface area contributed by atoms with E-state index in [1.807, 2.05) is 18.2 Å². The van der Waals surface area contributed by atoms with E-state index >= 15 is 0 Å². The molecule has 0 radical (unpaired) electrons. The van der Waals surface area contributed by atoms with Crippen LogP contribution in [-0.4, -0.2) is 30.2 Å². The largest absolute Gasteiger partial charge is 0.392 e. The van der Waals surface area contributed by atoms with Gasteiger partial charge in [-0.15, -0.1) is 0 Å². The number of benzene rings is 1. The highest BCUT2D eigenvalue weighted by molar-refractivity contribution is 6.31. The number of halogens is 1. The summed E-state index contributed by atoms with van der Waals surface area (Å²) in [5, 5.41) is 9.84. The van der Waals surface area contributed by atoms with Crippen LogP contribution in [0, 0.1) is 0 Å². The first-order chi connectivity index (χ1) is 9.70. The van der Waals surface area contributed by atoms with Crippen LogP contribution < -0.4 is 9.80 Å². The summed E-state index contributed by atoms with van der Waals surface area (Å²) in [5.41, 5.74) is 3.01. The van der Waals surface area contributed by atoms with Gasteiger partial charge in [0.1, 0.15) is 5.82 Å². The zero-order chi connectivity index (χ0) is 14.1. The third kappa shape index (κ3) is 2.21. The molecule has 1 aliphatic rings. The van der Waals surface area contributed by atoms with E-state index in [0.717, 1.165) is 24.6 Å². The van der Waals surface area contributed by atoms with Crippen LogP contribution in [0.25, 0.3) is 0 Å². The van der Waals surface area contributed by atoms with Crippen molar-refractivity contribution in [2.24, 2.45) is 0 Å². The van der Waals surface area contributed by atoms with E-state index < -0.39 is 0 Å². The van der Waals surface area contributed by atoms with Gasteiger partial charge in [0.2, 0.25) is 0 Å². The minimum Gasteiger partial charge on any atom is -0.392 e. The predicted octanol–water partition coefficient (Wildman–Crippen LogP) is 2.82. The average molecular weight is 290 g/mol. The number of aromatic nitrogens is 1. The number of aliphatic hydroxyl groups is 1. The second-order valence-corrected chi connectivity index (χ2v) is 5.26. The third-order valence-corrected chi connectivity index (χ3v) is 3.95. The molecule has 0 fully saturated rings. The Labute approximate surface area is 123 Å². The maximum absolute atomic E-state index is 9.34. The summed E-state index contributed by atoms with van der Waals surface area (Å²) >= 11 is 6.01. The van der Waals surface area contributed by atoms with Gasteiger partial charge in [-0.2, -0.15) is 0 Å². The number of anilines is 3.